The molecule has 2 N–H and O–H groups in total. The van der Waals surface area contributed by atoms with Crippen molar-refractivity contribution in [2.24, 2.45) is 5.73 Å². The highest BCUT2D eigenvalue weighted by atomic mass is 32.2. The summed E-state index contributed by atoms with van der Waals surface area (Å²) in [5.41, 5.74) is 7.26. The van der Waals surface area contributed by atoms with Crippen molar-refractivity contribution in [2.45, 2.75) is 29.1 Å². The molecule has 0 aliphatic carbocycles. The molecule has 0 spiro atoms. The minimum Gasteiger partial charge on any atom is -0.324 e. The third kappa shape index (κ3) is 2.83. The second-order valence-corrected chi connectivity index (χ2v) is 5.81. The van der Waals surface area contributed by atoms with Gasteiger partial charge in [0.1, 0.15) is 12.1 Å². The Morgan fingerprint density at radius 2 is 2.24 bits per heavy atom. The molecule has 17 heavy (non-hydrogen) atoms. The number of benzene rings is 1. The Kier molecular flexibility index (Phi) is 3.76. The molecule has 0 saturated heterocycles. The molecule has 0 bridgehead atoms. The monoisotopic (exact) mass is 269 g/mol. The average Bonchev–Trinajstić information content (AvgIpc) is 2.75. The van der Waals surface area contributed by atoms with E-state index < -0.39 is 0 Å². The molecule has 1 aromatic heterocycles. The highest BCUT2D eigenvalue weighted by molar-refractivity contribution is 8.01. The maximum absolute atomic E-state index is 13.5. The van der Waals surface area contributed by atoms with Crippen molar-refractivity contribution in [3.05, 3.63) is 35.4 Å². The Balaban J connectivity index is 2.41. The molecule has 0 saturated carbocycles. The zero-order valence-corrected chi connectivity index (χ0v) is 11.1. The van der Waals surface area contributed by atoms with Gasteiger partial charge in [0.25, 0.3) is 0 Å². The molecule has 90 valence electrons. The minimum atomic E-state index is -0.223. The standard InChI is InChI=1S/C11H12FN3S2/c1-6-3-10(16-11-14-5-15-17-11)8(7(2)13)4-9(6)12/h3-5,7H,13H2,1-2H3/t7-/m0/s1. The first kappa shape index (κ1) is 12.5. The van der Waals surface area contributed by atoms with E-state index in [1.807, 2.05) is 6.92 Å². The van der Waals surface area contributed by atoms with E-state index in [0.717, 1.165) is 14.8 Å². The van der Waals surface area contributed by atoms with Crippen LogP contribution in [0.2, 0.25) is 0 Å². The van der Waals surface area contributed by atoms with Crippen LogP contribution in [0.1, 0.15) is 24.1 Å². The summed E-state index contributed by atoms with van der Waals surface area (Å²) in [5.74, 6) is -0.223. The highest BCUT2D eigenvalue weighted by Gasteiger charge is 2.13. The number of rotatable bonds is 3. The highest BCUT2D eigenvalue weighted by Crippen LogP contribution is 2.34. The number of aromatic nitrogens is 2. The van der Waals surface area contributed by atoms with Crippen LogP contribution in [-0.2, 0) is 0 Å². The summed E-state index contributed by atoms with van der Waals surface area (Å²) in [7, 11) is 0. The van der Waals surface area contributed by atoms with E-state index in [4.69, 9.17) is 5.73 Å². The lowest BCUT2D eigenvalue weighted by Crippen LogP contribution is -2.07. The largest absolute Gasteiger partial charge is 0.324 e. The molecular formula is C11H12FN3S2. The zero-order valence-electron chi connectivity index (χ0n) is 9.48. The molecule has 1 heterocycles. The van der Waals surface area contributed by atoms with Gasteiger partial charge in [-0.25, -0.2) is 9.37 Å². The van der Waals surface area contributed by atoms with Gasteiger partial charge in [0.15, 0.2) is 4.34 Å². The molecular weight excluding hydrogens is 257 g/mol. The normalized spacial score (nSPS) is 12.7. The van der Waals surface area contributed by atoms with Gasteiger partial charge in [0.2, 0.25) is 0 Å². The van der Waals surface area contributed by atoms with Gasteiger partial charge in [-0.05, 0) is 48.6 Å². The molecule has 2 aromatic rings. The third-order valence-electron chi connectivity index (χ3n) is 2.32. The van der Waals surface area contributed by atoms with Crippen molar-refractivity contribution < 1.29 is 4.39 Å². The van der Waals surface area contributed by atoms with Crippen molar-refractivity contribution in [3.8, 4) is 0 Å². The summed E-state index contributed by atoms with van der Waals surface area (Å²) in [6, 6.07) is 3.10. The molecule has 2 rings (SSSR count). The van der Waals surface area contributed by atoms with Crippen LogP contribution in [0.5, 0.6) is 0 Å². The lowest BCUT2D eigenvalue weighted by Gasteiger charge is -2.12. The maximum atomic E-state index is 13.5. The van der Waals surface area contributed by atoms with Crippen molar-refractivity contribution in [1.29, 1.82) is 0 Å². The number of hydrogen-bond acceptors (Lipinski definition) is 5. The molecule has 0 radical (unpaired) electrons. The van der Waals surface area contributed by atoms with Crippen molar-refractivity contribution in [1.82, 2.24) is 9.36 Å². The van der Waals surface area contributed by atoms with Gasteiger partial charge in [-0.2, -0.15) is 4.37 Å². The average molecular weight is 269 g/mol. The Morgan fingerprint density at radius 1 is 1.47 bits per heavy atom. The summed E-state index contributed by atoms with van der Waals surface area (Å²) in [6.07, 6.45) is 1.51. The van der Waals surface area contributed by atoms with Crippen LogP contribution >= 0.6 is 23.3 Å². The third-order valence-corrected chi connectivity index (χ3v) is 4.11. The van der Waals surface area contributed by atoms with Gasteiger partial charge < -0.3 is 5.73 Å². The first-order valence-corrected chi connectivity index (χ1v) is 6.67. The summed E-state index contributed by atoms with van der Waals surface area (Å²) < 4.78 is 18.3. The van der Waals surface area contributed by atoms with Gasteiger partial charge in [0.05, 0.1) is 0 Å². The Hall–Kier alpha value is -0.980. The van der Waals surface area contributed by atoms with E-state index in [9.17, 15) is 4.39 Å². The molecule has 1 atom stereocenters. The molecule has 0 aliphatic rings. The van der Waals surface area contributed by atoms with E-state index in [2.05, 4.69) is 9.36 Å². The van der Waals surface area contributed by atoms with Crippen LogP contribution in [0.3, 0.4) is 0 Å². The van der Waals surface area contributed by atoms with Crippen LogP contribution in [0.15, 0.2) is 27.7 Å². The Bertz CT molecular complexity index is 512. The van der Waals surface area contributed by atoms with E-state index >= 15 is 0 Å². The number of nitrogens with zero attached hydrogens (tertiary/aromatic N) is 2. The predicted molar refractivity (Wildman–Crippen MR) is 67.8 cm³/mol. The molecule has 0 amide bonds. The van der Waals surface area contributed by atoms with Gasteiger partial charge in [-0.3, -0.25) is 0 Å². The van der Waals surface area contributed by atoms with Crippen molar-refractivity contribution >= 4 is 23.3 Å². The smallest absolute Gasteiger partial charge is 0.174 e. The van der Waals surface area contributed by atoms with Crippen LogP contribution in [0.25, 0.3) is 0 Å². The van der Waals surface area contributed by atoms with Crippen LogP contribution in [0, 0.1) is 12.7 Å². The fourth-order valence-electron chi connectivity index (χ4n) is 1.42. The molecule has 6 heteroatoms. The molecule has 1 aromatic carbocycles. The lowest BCUT2D eigenvalue weighted by atomic mass is 10.1. The Morgan fingerprint density at radius 3 is 2.82 bits per heavy atom. The first-order valence-electron chi connectivity index (χ1n) is 5.08. The predicted octanol–water partition coefficient (Wildman–Crippen LogP) is 3.16. The van der Waals surface area contributed by atoms with E-state index in [-0.39, 0.29) is 11.9 Å². The maximum Gasteiger partial charge on any atom is 0.174 e. The number of aryl methyl sites for hydroxylation is 1. The summed E-state index contributed by atoms with van der Waals surface area (Å²) in [6.45, 7) is 3.58. The fourth-order valence-corrected chi connectivity index (χ4v) is 3.13. The molecule has 0 unspecified atom stereocenters. The van der Waals surface area contributed by atoms with E-state index in [1.165, 1.54) is 35.7 Å². The minimum absolute atomic E-state index is 0.208. The number of hydrogen-bond donors (Lipinski definition) is 1. The fraction of sp³-hybridized carbons (Fsp3) is 0.273. The topological polar surface area (TPSA) is 51.8 Å². The van der Waals surface area contributed by atoms with Gasteiger partial charge >= 0.3 is 0 Å². The van der Waals surface area contributed by atoms with Crippen molar-refractivity contribution in [3.63, 3.8) is 0 Å². The summed E-state index contributed by atoms with van der Waals surface area (Å²) >= 11 is 2.79. The van der Waals surface area contributed by atoms with Gasteiger partial charge in [0, 0.05) is 10.9 Å². The van der Waals surface area contributed by atoms with Crippen LogP contribution in [-0.4, -0.2) is 9.36 Å². The molecule has 0 fully saturated rings. The van der Waals surface area contributed by atoms with E-state index in [1.54, 1.807) is 13.0 Å². The van der Waals surface area contributed by atoms with Gasteiger partial charge in [-0.1, -0.05) is 11.8 Å². The lowest BCUT2D eigenvalue weighted by molar-refractivity contribution is 0.610. The zero-order chi connectivity index (χ0) is 12.4. The SMILES string of the molecule is Cc1cc(Sc2ncns2)c([C@H](C)N)cc1F. The van der Waals surface area contributed by atoms with Crippen LogP contribution < -0.4 is 5.73 Å². The second-order valence-electron chi connectivity index (χ2n) is 3.74. The first-order chi connectivity index (χ1) is 8.08. The van der Waals surface area contributed by atoms with E-state index in [0.29, 0.717) is 5.56 Å². The van der Waals surface area contributed by atoms with Crippen LogP contribution in [0.4, 0.5) is 4.39 Å². The number of halogens is 1. The summed E-state index contributed by atoms with van der Waals surface area (Å²) in [5, 5.41) is 0. The molecule has 0 aliphatic heterocycles. The number of nitrogens with two attached hydrogens (primary N) is 1. The van der Waals surface area contributed by atoms with Gasteiger partial charge in [-0.15, -0.1) is 0 Å². The second kappa shape index (κ2) is 5.12. The summed E-state index contributed by atoms with van der Waals surface area (Å²) in [4.78, 5) is 5.04. The molecule has 3 nitrogen and oxygen atoms in total. The quantitative estimate of drug-likeness (QED) is 0.930. The van der Waals surface area contributed by atoms with Crippen molar-refractivity contribution in [2.75, 3.05) is 0 Å². The Labute approximate surface area is 107 Å².